The van der Waals surface area contributed by atoms with Crippen molar-refractivity contribution in [2.75, 3.05) is 0 Å². The van der Waals surface area contributed by atoms with Gasteiger partial charge in [-0.15, -0.1) is 0 Å². The molecule has 0 unspecified atom stereocenters. The molecule has 0 bridgehead atoms. The van der Waals surface area contributed by atoms with Crippen LogP contribution in [-0.2, 0) is 0 Å². The van der Waals surface area contributed by atoms with E-state index in [-0.39, 0.29) is 0 Å². The molecule has 0 aromatic carbocycles. The molecule has 0 fully saturated rings. The van der Waals surface area contributed by atoms with Crippen LogP contribution in [0.25, 0.3) is 0 Å². The van der Waals surface area contributed by atoms with Gasteiger partial charge in [0, 0.05) is 5.37 Å². The zero-order valence-electron chi connectivity index (χ0n) is 9.47. The lowest BCUT2D eigenvalue weighted by Gasteiger charge is -2.20. The van der Waals surface area contributed by atoms with Crippen molar-refractivity contribution in [3.8, 4) is 0 Å². The average molecular weight is 234 g/mol. The summed E-state index contributed by atoms with van der Waals surface area (Å²) in [6.45, 7) is 4.31. The molecule has 0 amide bonds. The summed E-state index contributed by atoms with van der Waals surface area (Å²) in [6.07, 6.45) is 0.385. The summed E-state index contributed by atoms with van der Waals surface area (Å²) in [7, 11) is 0. The number of rotatable bonds is 8. The van der Waals surface area contributed by atoms with E-state index in [0.29, 0.717) is 12.3 Å². The van der Waals surface area contributed by atoms with Crippen molar-refractivity contribution in [1.29, 1.82) is 0 Å². The molecule has 0 aromatic heterocycles. The van der Waals surface area contributed by atoms with E-state index in [1.165, 1.54) is 0 Å². The smallest absolute Gasteiger partial charge is 0.111 e. The Hall–Kier alpha value is -0.0300. The Morgan fingerprint density at radius 1 is 1.07 bits per heavy atom. The molecule has 3 atom stereocenters. The van der Waals surface area contributed by atoms with Gasteiger partial charge in [-0.3, -0.25) is 0 Å². The molecule has 4 heteroatoms. The zero-order chi connectivity index (χ0) is 11.8. The van der Waals surface area contributed by atoms with Gasteiger partial charge in [0.15, 0.2) is 0 Å². The van der Waals surface area contributed by atoms with Crippen LogP contribution in [0.3, 0.4) is 0 Å². The van der Waals surface area contributed by atoms with Crippen LogP contribution in [0.4, 0.5) is 0 Å². The van der Waals surface area contributed by atoms with Crippen molar-refractivity contribution >= 4 is 17.6 Å². The molecule has 0 aliphatic heterocycles. The lowest BCUT2D eigenvalue weighted by molar-refractivity contribution is -0.0361. The van der Waals surface area contributed by atoms with Crippen molar-refractivity contribution in [1.82, 2.24) is 0 Å². The summed E-state index contributed by atoms with van der Waals surface area (Å²) in [6, 6.07) is 0. The molecule has 15 heavy (non-hydrogen) atoms. The highest BCUT2D eigenvalue weighted by Gasteiger charge is 2.22. The fraction of sp³-hybridized carbons (Fsp3) is 0.909. The van der Waals surface area contributed by atoms with Crippen LogP contribution in [-0.4, -0.2) is 39.0 Å². The Bertz CT molecular complexity index is 173. The van der Waals surface area contributed by atoms with Crippen LogP contribution in [0.15, 0.2) is 0 Å². The monoisotopic (exact) mass is 234 g/mol. The van der Waals surface area contributed by atoms with Crippen molar-refractivity contribution < 1.29 is 15.3 Å². The highest BCUT2D eigenvalue weighted by molar-refractivity contribution is 7.79. The van der Waals surface area contributed by atoms with Gasteiger partial charge in [0.25, 0.3) is 0 Å². The predicted molar refractivity (Wildman–Crippen MR) is 65.0 cm³/mol. The summed E-state index contributed by atoms with van der Waals surface area (Å²) in [5.41, 5.74) is 0. The summed E-state index contributed by atoms with van der Waals surface area (Å²) in [5, 5.41) is 29.1. The van der Waals surface area contributed by atoms with E-state index in [1.54, 1.807) is 0 Å². The van der Waals surface area contributed by atoms with Crippen molar-refractivity contribution in [2.45, 2.75) is 57.8 Å². The maximum absolute atomic E-state index is 9.51. The van der Waals surface area contributed by atoms with E-state index in [4.69, 9.17) is 0 Å². The van der Waals surface area contributed by atoms with Crippen molar-refractivity contribution in [2.24, 2.45) is 5.92 Å². The molecule has 3 nitrogen and oxygen atoms in total. The van der Waals surface area contributed by atoms with Gasteiger partial charge in [-0.2, -0.15) is 0 Å². The topological polar surface area (TPSA) is 60.7 Å². The van der Waals surface area contributed by atoms with Gasteiger partial charge < -0.3 is 15.3 Å². The first-order chi connectivity index (χ1) is 6.99. The van der Waals surface area contributed by atoms with E-state index in [0.717, 1.165) is 24.6 Å². The van der Waals surface area contributed by atoms with Gasteiger partial charge in [-0.1, -0.05) is 45.3 Å². The summed E-state index contributed by atoms with van der Waals surface area (Å²) < 4.78 is 0. The minimum Gasteiger partial charge on any atom is -0.390 e. The standard InChI is InChI=1S/C11H22O3S/c1-8(2)5-3-4-6-9(12)11(14)10(13)7-15/h7-14H,3-6H2,1-2H3/t9-,10+,11-/m1/s1. The third kappa shape index (κ3) is 6.95. The molecule has 0 aliphatic rings. The second kappa shape index (κ2) is 8.16. The van der Waals surface area contributed by atoms with Gasteiger partial charge in [0.05, 0.1) is 6.10 Å². The Labute approximate surface area is 97.1 Å². The number of aliphatic hydroxyl groups is 3. The van der Waals surface area contributed by atoms with Crippen molar-refractivity contribution in [3.63, 3.8) is 0 Å². The summed E-state index contributed by atoms with van der Waals surface area (Å²) in [4.78, 5) is 0. The maximum atomic E-state index is 9.51. The highest BCUT2D eigenvalue weighted by atomic mass is 32.1. The molecule has 0 aromatic rings. The minimum absolute atomic E-state index is 0.508. The first-order valence-corrected chi connectivity index (χ1v) is 5.95. The van der Waals surface area contributed by atoms with E-state index < -0.39 is 18.3 Å². The zero-order valence-corrected chi connectivity index (χ0v) is 10.3. The Kier molecular flexibility index (Phi) is 8.14. The SMILES string of the molecule is CC(C)CCCC[C@@H](O)[C@@H](O)[C@@H](O)C=S. The fourth-order valence-electron chi connectivity index (χ4n) is 1.38. The number of thiocarbonyl (C=S) groups is 1. The molecule has 0 radical (unpaired) electrons. The van der Waals surface area contributed by atoms with Crippen LogP contribution in [0.2, 0.25) is 0 Å². The predicted octanol–water partition coefficient (Wildman–Crippen LogP) is 1.29. The first-order valence-electron chi connectivity index (χ1n) is 5.48. The summed E-state index contributed by atoms with van der Waals surface area (Å²) in [5.74, 6) is 0.665. The average Bonchev–Trinajstić information content (AvgIpc) is 2.21. The number of aliphatic hydroxyl groups excluding tert-OH is 3. The molecule has 0 saturated carbocycles. The van der Waals surface area contributed by atoms with Gasteiger partial charge in [0.2, 0.25) is 0 Å². The molecule has 0 heterocycles. The number of unbranched alkanes of at least 4 members (excludes halogenated alkanes) is 1. The van der Waals surface area contributed by atoms with Crippen LogP contribution in [0, 0.1) is 5.92 Å². The Morgan fingerprint density at radius 2 is 1.60 bits per heavy atom. The minimum atomic E-state index is -1.15. The molecule has 90 valence electrons. The molecule has 0 saturated heterocycles. The lowest BCUT2D eigenvalue weighted by Crippen LogP contribution is -2.37. The molecule has 0 spiro atoms. The Balaban J connectivity index is 3.64. The fourth-order valence-corrected chi connectivity index (χ4v) is 1.55. The van der Waals surface area contributed by atoms with E-state index in [1.807, 2.05) is 0 Å². The number of hydrogen-bond donors (Lipinski definition) is 3. The lowest BCUT2D eigenvalue weighted by atomic mass is 10.00. The quantitative estimate of drug-likeness (QED) is 0.437. The van der Waals surface area contributed by atoms with Crippen LogP contribution >= 0.6 is 12.2 Å². The molecule has 0 aliphatic carbocycles. The van der Waals surface area contributed by atoms with E-state index >= 15 is 0 Å². The van der Waals surface area contributed by atoms with E-state index in [2.05, 4.69) is 26.1 Å². The molecule has 3 N–H and O–H groups in total. The second-order valence-electron chi connectivity index (χ2n) is 4.36. The van der Waals surface area contributed by atoms with Crippen LogP contribution in [0.1, 0.15) is 39.5 Å². The maximum Gasteiger partial charge on any atom is 0.111 e. The molecular weight excluding hydrogens is 212 g/mol. The van der Waals surface area contributed by atoms with Gasteiger partial charge in [-0.05, 0) is 12.3 Å². The van der Waals surface area contributed by atoms with E-state index in [9.17, 15) is 15.3 Å². The van der Waals surface area contributed by atoms with Crippen LogP contribution < -0.4 is 0 Å². The molecular formula is C11H22O3S. The van der Waals surface area contributed by atoms with Gasteiger partial charge >= 0.3 is 0 Å². The summed E-state index contributed by atoms with van der Waals surface area (Å²) >= 11 is 4.49. The highest BCUT2D eigenvalue weighted by Crippen LogP contribution is 2.12. The number of hydrogen-bond acceptors (Lipinski definition) is 4. The Morgan fingerprint density at radius 3 is 2.07 bits per heavy atom. The van der Waals surface area contributed by atoms with Crippen LogP contribution in [0.5, 0.6) is 0 Å². The second-order valence-corrected chi connectivity index (χ2v) is 4.64. The molecule has 0 rings (SSSR count). The first kappa shape index (κ1) is 15.0. The van der Waals surface area contributed by atoms with Gasteiger partial charge in [0.1, 0.15) is 12.2 Å². The normalized spacial score (nSPS) is 17.5. The largest absolute Gasteiger partial charge is 0.390 e. The third-order valence-electron chi connectivity index (χ3n) is 2.41. The van der Waals surface area contributed by atoms with Gasteiger partial charge in [-0.25, -0.2) is 0 Å². The van der Waals surface area contributed by atoms with Crippen molar-refractivity contribution in [3.05, 3.63) is 0 Å². The third-order valence-corrected chi connectivity index (χ3v) is 2.69.